The Balaban J connectivity index is 2.33. The maximum Gasteiger partial charge on any atom is 0.328 e. The topological polar surface area (TPSA) is 36.2 Å². The predicted molar refractivity (Wildman–Crippen MR) is 68.3 cm³/mol. The highest BCUT2D eigenvalue weighted by Gasteiger charge is 2.09. The first-order chi connectivity index (χ1) is 8.11. The summed E-state index contributed by atoms with van der Waals surface area (Å²) in [6, 6.07) is 7.81. The van der Waals surface area contributed by atoms with Crippen LogP contribution in [0, 0.1) is 0 Å². The van der Waals surface area contributed by atoms with Gasteiger partial charge in [0.15, 0.2) is 0 Å². The van der Waals surface area contributed by atoms with Crippen molar-refractivity contribution in [3.8, 4) is 0 Å². The van der Waals surface area contributed by atoms with Crippen molar-refractivity contribution in [2.45, 2.75) is 26.5 Å². The number of benzene rings is 1. The van der Waals surface area contributed by atoms with Gasteiger partial charge < -0.3 is 4.74 Å². The van der Waals surface area contributed by atoms with Crippen molar-refractivity contribution in [2.75, 3.05) is 6.61 Å². The first kappa shape index (κ1) is 11.9. The van der Waals surface area contributed by atoms with Crippen molar-refractivity contribution in [1.29, 1.82) is 0 Å². The first-order valence-electron chi connectivity index (χ1n) is 5.87. The van der Waals surface area contributed by atoms with E-state index in [9.17, 15) is 4.79 Å². The fourth-order valence-corrected chi connectivity index (χ4v) is 1.96. The Hall–Kier alpha value is -1.55. The molecule has 1 heterocycles. The van der Waals surface area contributed by atoms with E-state index >= 15 is 0 Å². The third-order valence-corrected chi connectivity index (χ3v) is 2.82. The fourth-order valence-electron chi connectivity index (χ4n) is 1.96. The van der Waals surface area contributed by atoms with Crippen LogP contribution in [0.25, 0.3) is 11.0 Å². The lowest BCUT2D eigenvalue weighted by Gasteiger charge is -2.07. The molecule has 0 atom stereocenters. The van der Waals surface area contributed by atoms with E-state index in [-0.39, 0.29) is 11.8 Å². The lowest BCUT2D eigenvalue weighted by molar-refractivity contribution is 0.0727. The summed E-state index contributed by atoms with van der Waals surface area (Å²) in [6.45, 7) is 5.14. The number of hydrogen-bond donors (Lipinski definition) is 0. The third-order valence-electron chi connectivity index (χ3n) is 2.82. The van der Waals surface area contributed by atoms with Crippen LogP contribution < -0.4 is 5.69 Å². The van der Waals surface area contributed by atoms with E-state index in [0.717, 1.165) is 11.0 Å². The number of imidazole rings is 1. The quantitative estimate of drug-likeness (QED) is 0.808. The molecule has 4 nitrogen and oxygen atoms in total. The molecule has 0 radical (unpaired) electrons. The second kappa shape index (κ2) is 4.75. The average Bonchev–Trinajstić information content (AvgIpc) is 2.54. The molecule has 0 N–H and O–H groups in total. The zero-order valence-corrected chi connectivity index (χ0v) is 10.5. The molecule has 0 amide bonds. The molecular formula is C13H18N2O2. The van der Waals surface area contributed by atoms with Gasteiger partial charge in [-0.2, -0.15) is 0 Å². The first-order valence-corrected chi connectivity index (χ1v) is 5.87. The largest absolute Gasteiger partial charge is 0.377 e. The highest BCUT2D eigenvalue weighted by molar-refractivity contribution is 5.75. The summed E-state index contributed by atoms with van der Waals surface area (Å²) in [5, 5.41) is 0. The van der Waals surface area contributed by atoms with Crippen LogP contribution in [0.4, 0.5) is 0 Å². The molecular weight excluding hydrogens is 216 g/mol. The van der Waals surface area contributed by atoms with E-state index in [1.807, 2.05) is 38.1 Å². The summed E-state index contributed by atoms with van der Waals surface area (Å²) in [7, 11) is 1.80. The van der Waals surface area contributed by atoms with Crippen molar-refractivity contribution in [1.82, 2.24) is 9.13 Å². The molecule has 2 aromatic rings. The lowest BCUT2D eigenvalue weighted by atomic mass is 10.3. The van der Waals surface area contributed by atoms with E-state index in [1.165, 1.54) is 0 Å². The molecule has 0 aliphatic heterocycles. The van der Waals surface area contributed by atoms with Gasteiger partial charge in [-0.1, -0.05) is 12.1 Å². The zero-order chi connectivity index (χ0) is 12.4. The summed E-state index contributed by atoms with van der Waals surface area (Å²) < 4.78 is 8.92. The summed E-state index contributed by atoms with van der Waals surface area (Å²) >= 11 is 0. The molecule has 1 aromatic heterocycles. The van der Waals surface area contributed by atoms with Crippen molar-refractivity contribution in [3.63, 3.8) is 0 Å². The van der Waals surface area contributed by atoms with Crippen molar-refractivity contribution < 1.29 is 4.74 Å². The molecule has 0 saturated heterocycles. The number of para-hydroxylation sites is 2. The Morgan fingerprint density at radius 1 is 1.24 bits per heavy atom. The van der Waals surface area contributed by atoms with E-state index < -0.39 is 0 Å². The summed E-state index contributed by atoms with van der Waals surface area (Å²) in [4.78, 5) is 12.0. The molecule has 92 valence electrons. The highest BCUT2D eigenvalue weighted by atomic mass is 16.5. The van der Waals surface area contributed by atoms with Crippen molar-refractivity contribution in [3.05, 3.63) is 34.7 Å². The maximum atomic E-state index is 12.0. The van der Waals surface area contributed by atoms with Gasteiger partial charge in [0.2, 0.25) is 0 Å². The molecule has 4 heteroatoms. The monoisotopic (exact) mass is 234 g/mol. The van der Waals surface area contributed by atoms with E-state index in [2.05, 4.69) is 0 Å². The molecule has 0 fully saturated rings. The van der Waals surface area contributed by atoms with Crippen LogP contribution in [0.2, 0.25) is 0 Å². The number of aryl methyl sites for hydroxylation is 1. The molecule has 1 aromatic carbocycles. The SMILES string of the molecule is CC(C)OCCn1c(=O)n(C)c2ccccc21. The molecule has 0 unspecified atom stereocenters. The molecule has 17 heavy (non-hydrogen) atoms. The Bertz CT molecular complexity index is 566. The van der Waals surface area contributed by atoms with Crippen LogP contribution in [0.15, 0.2) is 29.1 Å². The van der Waals surface area contributed by atoms with Crippen LogP contribution in [-0.4, -0.2) is 21.8 Å². The van der Waals surface area contributed by atoms with Crippen LogP contribution in [0.1, 0.15) is 13.8 Å². The molecule has 2 rings (SSSR count). The fraction of sp³-hybridized carbons (Fsp3) is 0.462. The zero-order valence-electron chi connectivity index (χ0n) is 10.5. The Kier molecular flexibility index (Phi) is 3.33. The summed E-state index contributed by atoms with van der Waals surface area (Å²) in [5.74, 6) is 0. The summed E-state index contributed by atoms with van der Waals surface area (Å²) in [5.41, 5.74) is 1.94. The maximum absolute atomic E-state index is 12.0. The van der Waals surface area contributed by atoms with Gasteiger partial charge in [0, 0.05) is 7.05 Å². The Morgan fingerprint density at radius 2 is 1.88 bits per heavy atom. The number of aromatic nitrogens is 2. The standard InChI is InChI=1S/C13H18N2O2/c1-10(2)17-9-8-15-12-7-5-4-6-11(12)14(3)13(15)16/h4-7,10H,8-9H2,1-3H3. The van der Waals surface area contributed by atoms with Gasteiger partial charge >= 0.3 is 5.69 Å². The minimum atomic E-state index is 0.0126. The van der Waals surface area contributed by atoms with Gasteiger partial charge in [0.05, 0.1) is 30.3 Å². The smallest absolute Gasteiger partial charge is 0.328 e. The van der Waals surface area contributed by atoms with Gasteiger partial charge in [-0.15, -0.1) is 0 Å². The molecule has 0 bridgehead atoms. The minimum absolute atomic E-state index is 0.0126. The molecule has 0 aliphatic rings. The highest BCUT2D eigenvalue weighted by Crippen LogP contribution is 2.11. The molecule has 0 aliphatic carbocycles. The van der Waals surface area contributed by atoms with Crippen LogP contribution in [0.3, 0.4) is 0 Å². The number of rotatable bonds is 4. The van der Waals surface area contributed by atoms with Crippen LogP contribution in [-0.2, 0) is 18.3 Å². The second-order valence-corrected chi connectivity index (χ2v) is 4.40. The van der Waals surface area contributed by atoms with E-state index in [0.29, 0.717) is 13.2 Å². The Morgan fingerprint density at radius 3 is 2.53 bits per heavy atom. The van der Waals surface area contributed by atoms with Crippen molar-refractivity contribution >= 4 is 11.0 Å². The van der Waals surface area contributed by atoms with E-state index in [4.69, 9.17) is 4.74 Å². The second-order valence-electron chi connectivity index (χ2n) is 4.40. The van der Waals surface area contributed by atoms with Gasteiger partial charge in [-0.05, 0) is 26.0 Å². The number of ether oxygens (including phenoxy) is 1. The molecule has 0 spiro atoms. The van der Waals surface area contributed by atoms with Crippen LogP contribution >= 0.6 is 0 Å². The third kappa shape index (κ3) is 2.26. The van der Waals surface area contributed by atoms with Gasteiger partial charge in [-0.25, -0.2) is 4.79 Å². The van der Waals surface area contributed by atoms with Crippen LogP contribution in [0.5, 0.6) is 0 Å². The minimum Gasteiger partial charge on any atom is -0.377 e. The number of hydrogen-bond acceptors (Lipinski definition) is 2. The van der Waals surface area contributed by atoms with Gasteiger partial charge in [0.1, 0.15) is 0 Å². The number of nitrogens with zero attached hydrogens (tertiary/aromatic N) is 2. The number of fused-ring (bicyclic) bond motifs is 1. The van der Waals surface area contributed by atoms with Crippen molar-refractivity contribution in [2.24, 2.45) is 7.05 Å². The Labute approximate surface area is 100 Å². The summed E-state index contributed by atoms with van der Waals surface area (Å²) in [6.07, 6.45) is 0.195. The average molecular weight is 234 g/mol. The lowest BCUT2D eigenvalue weighted by Crippen LogP contribution is -2.24. The van der Waals surface area contributed by atoms with E-state index in [1.54, 1.807) is 16.2 Å². The normalized spacial score (nSPS) is 11.5. The molecule has 0 saturated carbocycles. The van der Waals surface area contributed by atoms with Gasteiger partial charge in [-0.3, -0.25) is 9.13 Å². The van der Waals surface area contributed by atoms with Gasteiger partial charge in [0.25, 0.3) is 0 Å². The predicted octanol–water partition coefficient (Wildman–Crippen LogP) is 1.76.